The van der Waals surface area contributed by atoms with E-state index in [0.717, 1.165) is 44.9 Å². The van der Waals surface area contributed by atoms with Crippen molar-refractivity contribution in [2.75, 3.05) is 0 Å². The van der Waals surface area contributed by atoms with Gasteiger partial charge in [-0.05, 0) is 97.7 Å². The van der Waals surface area contributed by atoms with E-state index >= 15 is 0 Å². The summed E-state index contributed by atoms with van der Waals surface area (Å²) in [5.74, 6) is 7.14. The van der Waals surface area contributed by atoms with Crippen molar-refractivity contribution in [3.63, 3.8) is 0 Å². The van der Waals surface area contributed by atoms with Crippen molar-refractivity contribution >= 4 is 5.97 Å². The molecule has 0 aromatic carbocycles. The highest BCUT2D eigenvalue weighted by atomic mass is 16.6. The molecule has 0 amide bonds. The first-order valence-electron chi connectivity index (χ1n) is 12.1. The minimum atomic E-state index is -0.742. The van der Waals surface area contributed by atoms with Crippen LogP contribution in [0.5, 0.6) is 0 Å². The second kappa shape index (κ2) is 8.02. The number of rotatable bonds is 5. The van der Waals surface area contributed by atoms with E-state index in [9.17, 15) is 15.0 Å². The fourth-order valence-corrected chi connectivity index (χ4v) is 8.80. The number of aliphatic hydroxyl groups excluding tert-OH is 2. The highest BCUT2D eigenvalue weighted by Crippen LogP contribution is 2.68. The molecule has 0 bridgehead atoms. The van der Waals surface area contributed by atoms with Gasteiger partial charge >= 0.3 is 5.97 Å². The third kappa shape index (κ3) is 3.33. The number of aliphatic carboxylic acids is 1. The van der Waals surface area contributed by atoms with Crippen LogP contribution < -0.4 is 5.90 Å². The third-order valence-electron chi connectivity index (χ3n) is 10.5. The van der Waals surface area contributed by atoms with E-state index in [1.807, 2.05) is 0 Å². The maximum Gasteiger partial charge on any atom is 0.303 e. The van der Waals surface area contributed by atoms with Crippen molar-refractivity contribution in [3.05, 3.63) is 0 Å². The predicted octanol–water partition coefficient (Wildman–Crippen LogP) is 3.35. The Balaban J connectivity index is 1.63. The topological polar surface area (TPSA) is 113 Å². The van der Waals surface area contributed by atoms with E-state index in [1.165, 1.54) is 0 Å². The second-order valence-corrected chi connectivity index (χ2v) is 11.5. The Kier molecular flexibility index (Phi) is 6.02. The fraction of sp³-hybridized carbons (Fsp3) is 0.958. The van der Waals surface area contributed by atoms with Crippen molar-refractivity contribution in [2.24, 2.45) is 52.2 Å². The number of carboxylic acid groups (broad SMARTS) is 1. The van der Waals surface area contributed by atoms with Crippen LogP contribution in [0.4, 0.5) is 0 Å². The third-order valence-corrected chi connectivity index (χ3v) is 10.5. The van der Waals surface area contributed by atoms with Crippen LogP contribution in [0.15, 0.2) is 0 Å². The van der Waals surface area contributed by atoms with Crippen LogP contribution in [-0.2, 0) is 9.63 Å². The van der Waals surface area contributed by atoms with Gasteiger partial charge in [-0.1, -0.05) is 20.8 Å². The highest BCUT2D eigenvalue weighted by Gasteiger charge is 2.66. The molecule has 0 aromatic heterocycles. The quantitative estimate of drug-likeness (QED) is 0.505. The van der Waals surface area contributed by atoms with Gasteiger partial charge in [0.1, 0.15) is 0 Å². The zero-order valence-corrected chi connectivity index (χ0v) is 18.8. The van der Waals surface area contributed by atoms with Gasteiger partial charge in [-0.2, -0.15) is 0 Å². The Labute approximate surface area is 180 Å². The number of nitrogens with two attached hydrogens (primary N) is 1. The largest absolute Gasteiger partial charge is 0.481 e. The Hall–Kier alpha value is -0.690. The molecule has 0 spiro atoms. The summed E-state index contributed by atoms with van der Waals surface area (Å²) in [5.41, 5.74) is -0.0957. The van der Waals surface area contributed by atoms with Crippen molar-refractivity contribution in [1.82, 2.24) is 0 Å². The molecule has 11 unspecified atom stereocenters. The average Bonchev–Trinajstić information content (AvgIpc) is 3.06. The van der Waals surface area contributed by atoms with Gasteiger partial charge in [0, 0.05) is 6.42 Å². The Morgan fingerprint density at radius 1 is 1.13 bits per heavy atom. The molecule has 4 aliphatic carbocycles. The Morgan fingerprint density at radius 3 is 2.53 bits per heavy atom. The zero-order chi connectivity index (χ0) is 21.8. The molecule has 0 saturated heterocycles. The van der Waals surface area contributed by atoms with Crippen molar-refractivity contribution in [2.45, 2.75) is 96.9 Å². The first kappa shape index (κ1) is 22.5. The van der Waals surface area contributed by atoms with E-state index in [4.69, 9.17) is 15.8 Å². The van der Waals surface area contributed by atoms with Crippen LogP contribution in [0.25, 0.3) is 0 Å². The van der Waals surface area contributed by atoms with Crippen molar-refractivity contribution < 1.29 is 25.0 Å². The lowest BCUT2D eigenvalue weighted by atomic mass is 9.43. The Morgan fingerprint density at radius 2 is 1.87 bits per heavy atom. The average molecular weight is 424 g/mol. The maximum absolute atomic E-state index is 11.6. The number of carbonyl (C=O) groups is 1. The van der Waals surface area contributed by atoms with E-state index < -0.39 is 5.97 Å². The maximum atomic E-state index is 11.6. The molecule has 0 radical (unpaired) electrons. The number of hydrogen-bond acceptors (Lipinski definition) is 5. The number of carboxylic acids is 1. The summed E-state index contributed by atoms with van der Waals surface area (Å²) in [6, 6.07) is 0. The molecule has 4 saturated carbocycles. The zero-order valence-electron chi connectivity index (χ0n) is 18.8. The minimum Gasteiger partial charge on any atom is -0.481 e. The van der Waals surface area contributed by atoms with Gasteiger partial charge in [0.05, 0.1) is 18.3 Å². The van der Waals surface area contributed by atoms with Crippen LogP contribution in [-0.4, -0.2) is 39.6 Å². The van der Waals surface area contributed by atoms with Gasteiger partial charge in [-0.15, -0.1) is 0 Å². The number of aliphatic hydroxyl groups is 2. The molecular formula is C24H41NO5. The fourth-order valence-electron chi connectivity index (χ4n) is 8.80. The minimum absolute atomic E-state index is 0.0247. The van der Waals surface area contributed by atoms with Crippen molar-refractivity contribution in [1.29, 1.82) is 0 Å². The lowest BCUT2D eigenvalue weighted by molar-refractivity contribution is -0.217. The molecule has 0 aromatic rings. The lowest BCUT2D eigenvalue weighted by Gasteiger charge is -2.63. The summed E-state index contributed by atoms with van der Waals surface area (Å²) in [7, 11) is 0. The summed E-state index contributed by atoms with van der Waals surface area (Å²) in [6.07, 6.45) is 6.63. The van der Waals surface area contributed by atoms with E-state index in [0.29, 0.717) is 36.0 Å². The SMILES string of the molecule is CC(CCC(=O)O)C1CCC2C3C(ON)CC4CC(O)CCC4(C)C3CC(O)C12C. The van der Waals surface area contributed by atoms with Crippen LogP contribution >= 0.6 is 0 Å². The molecule has 4 aliphatic rings. The molecule has 6 nitrogen and oxygen atoms in total. The normalized spacial score (nSPS) is 51.5. The number of fused-ring (bicyclic) bond motifs is 5. The standard InChI is InChI=1S/C24H41NO5/c1-13(4-7-21(28)29)16-5-6-17-22-18(12-20(27)24(16,17)3)23(2)9-8-15(26)10-14(23)11-19(22)30-25/h13-20,22,26-27H,4-12,25H2,1-3H3,(H,28,29). The number of hydrogen-bond donors (Lipinski definition) is 4. The Bertz CT molecular complexity index is 658. The molecule has 0 aliphatic heterocycles. The predicted molar refractivity (Wildman–Crippen MR) is 113 cm³/mol. The molecule has 30 heavy (non-hydrogen) atoms. The first-order valence-corrected chi connectivity index (χ1v) is 12.1. The van der Waals surface area contributed by atoms with Gasteiger partial charge in [-0.25, -0.2) is 5.90 Å². The summed E-state index contributed by atoms with van der Waals surface area (Å²) in [6.45, 7) is 6.79. The van der Waals surface area contributed by atoms with E-state index in [1.54, 1.807) is 0 Å². The van der Waals surface area contributed by atoms with Crippen LogP contribution in [0.3, 0.4) is 0 Å². The van der Waals surface area contributed by atoms with Gasteiger partial charge in [0.25, 0.3) is 0 Å². The molecular weight excluding hydrogens is 382 g/mol. The lowest BCUT2D eigenvalue weighted by Crippen LogP contribution is -2.63. The summed E-state index contributed by atoms with van der Waals surface area (Å²) in [5, 5.41) is 31.0. The van der Waals surface area contributed by atoms with Crippen LogP contribution in [0.2, 0.25) is 0 Å². The van der Waals surface area contributed by atoms with Gasteiger partial charge < -0.3 is 20.2 Å². The van der Waals surface area contributed by atoms with Gasteiger partial charge in [0.15, 0.2) is 0 Å². The monoisotopic (exact) mass is 423 g/mol. The van der Waals surface area contributed by atoms with Crippen LogP contribution in [0, 0.1) is 46.3 Å². The molecule has 4 fully saturated rings. The molecule has 172 valence electrons. The summed E-state index contributed by atoms with van der Waals surface area (Å²) < 4.78 is 0. The highest BCUT2D eigenvalue weighted by molar-refractivity contribution is 5.66. The van der Waals surface area contributed by atoms with E-state index in [2.05, 4.69) is 20.8 Å². The molecule has 5 N–H and O–H groups in total. The first-order chi connectivity index (χ1) is 14.1. The van der Waals surface area contributed by atoms with Crippen molar-refractivity contribution in [3.8, 4) is 0 Å². The molecule has 4 rings (SSSR count). The van der Waals surface area contributed by atoms with E-state index in [-0.39, 0.29) is 41.5 Å². The smallest absolute Gasteiger partial charge is 0.303 e. The van der Waals surface area contributed by atoms with Crippen LogP contribution in [0.1, 0.15) is 78.6 Å². The van der Waals surface area contributed by atoms with Gasteiger partial charge in [-0.3, -0.25) is 4.79 Å². The summed E-state index contributed by atoms with van der Waals surface area (Å²) >= 11 is 0. The second-order valence-electron chi connectivity index (χ2n) is 11.5. The summed E-state index contributed by atoms with van der Waals surface area (Å²) in [4.78, 5) is 16.7. The van der Waals surface area contributed by atoms with Gasteiger partial charge in [0.2, 0.25) is 0 Å². The molecule has 6 heteroatoms. The molecule has 11 atom stereocenters. The molecule has 0 heterocycles.